The second kappa shape index (κ2) is 7.20. The quantitative estimate of drug-likeness (QED) is 0.351. The van der Waals surface area contributed by atoms with Gasteiger partial charge in [0.15, 0.2) is 17.6 Å². The number of amides is 1. The Labute approximate surface area is 153 Å². The molecule has 0 spiro atoms. The van der Waals surface area contributed by atoms with E-state index in [2.05, 4.69) is 5.32 Å². The molecule has 3 rings (SSSR count). The Hall–Kier alpha value is -3.82. The van der Waals surface area contributed by atoms with Crippen LogP contribution in [0.25, 0.3) is 0 Å². The standard InChI is InChI=1S/C17H15N3O7/c1-9(16(21)19-11-3-5-14-15(7-11)26-8-25-14)27-17(22)10-2-4-12(18)13(6-10)20(23)24/h2-7,9H,8,18H2,1H3,(H,19,21). The molecule has 1 unspecified atom stereocenters. The summed E-state index contributed by atoms with van der Waals surface area (Å²) in [5, 5.41) is 13.5. The van der Waals surface area contributed by atoms with E-state index in [-0.39, 0.29) is 18.0 Å². The third-order valence-corrected chi connectivity index (χ3v) is 3.76. The average Bonchev–Trinajstić information content (AvgIpc) is 3.09. The summed E-state index contributed by atoms with van der Waals surface area (Å²) in [5.41, 5.74) is 5.35. The van der Waals surface area contributed by atoms with Crippen molar-refractivity contribution in [2.24, 2.45) is 0 Å². The van der Waals surface area contributed by atoms with Gasteiger partial charge in [0.05, 0.1) is 10.5 Å². The number of hydrogen-bond acceptors (Lipinski definition) is 8. The average molecular weight is 373 g/mol. The third-order valence-electron chi connectivity index (χ3n) is 3.76. The molecular weight excluding hydrogens is 358 g/mol. The molecule has 1 heterocycles. The number of ether oxygens (including phenoxy) is 3. The molecule has 0 saturated heterocycles. The second-order valence-corrected chi connectivity index (χ2v) is 5.64. The highest BCUT2D eigenvalue weighted by molar-refractivity contribution is 5.98. The van der Waals surface area contributed by atoms with Crippen LogP contribution >= 0.6 is 0 Å². The number of carbonyl (C=O) groups is 2. The first-order valence-electron chi connectivity index (χ1n) is 7.80. The Morgan fingerprint density at radius 1 is 1.22 bits per heavy atom. The highest BCUT2D eigenvalue weighted by Crippen LogP contribution is 2.34. The van der Waals surface area contributed by atoms with E-state index in [0.29, 0.717) is 17.2 Å². The monoisotopic (exact) mass is 373 g/mol. The third kappa shape index (κ3) is 3.89. The van der Waals surface area contributed by atoms with Crippen molar-refractivity contribution >= 4 is 28.9 Å². The van der Waals surface area contributed by atoms with Crippen LogP contribution in [0.5, 0.6) is 11.5 Å². The van der Waals surface area contributed by atoms with Gasteiger partial charge < -0.3 is 25.3 Å². The summed E-state index contributed by atoms with van der Waals surface area (Å²) in [4.78, 5) is 34.6. The molecule has 1 amide bonds. The van der Waals surface area contributed by atoms with Crippen molar-refractivity contribution in [3.05, 3.63) is 52.1 Å². The molecule has 0 saturated carbocycles. The van der Waals surface area contributed by atoms with Crippen molar-refractivity contribution in [1.29, 1.82) is 0 Å². The molecule has 3 N–H and O–H groups in total. The Balaban J connectivity index is 1.65. The topological polar surface area (TPSA) is 143 Å². The lowest BCUT2D eigenvalue weighted by atomic mass is 10.2. The first-order valence-corrected chi connectivity index (χ1v) is 7.80. The van der Waals surface area contributed by atoms with Crippen LogP contribution in [0, 0.1) is 10.1 Å². The number of hydrogen-bond donors (Lipinski definition) is 2. The molecule has 140 valence electrons. The number of nitro benzene ring substituents is 1. The van der Waals surface area contributed by atoms with Gasteiger partial charge in [0.1, 0.15) is 5.69 Å². The molecule has 1 aliphatic heterocycles. The van der Waals surface area contributed by atoms with E-state index >= 15 is 0 Å². The normalized spacial score (nSPS) is 12.9. The molecule has 0 bridgehead atoms. The van der Waals surface area contributed by atoms with Gasteiger partial charge in [-0.3, -0.25) is 14.9 Å². The maximum absolute atomic E-state index is 12.2. The fourth-order valence-electron chi connectivity index (χ4n) is 2.33. The van der Waals surface area contributed by atoms with Crippen molar-refractivity contribution in [2.75, 3.05) is 17.8 Å². The van der Waals surface area contributed by atoms with E-state index in [1.165, 1.54) is 19.1 Å². The van der Waals surface area contributed by atoms with E-state index in [4.69, 9.17) is 19.9 Å². The van der Waals surface area contributed by atoms with E-state index < -0.39 is 28.6 Å². The minimum absolute atomic E-state index is 0.0786. The molecule has 0 aromatic heterocycles. The fourth-order valence-corrected chi connectivity index (χ4v) is 2.33. The number of anilines is 2. The zero-order chi connectivity index (χ0) is 19.6. The number of nitro groups is 1. The van der Waals surface area contributed by atoms with Crippen molar-refractivity contribution in [3.8, 4) is 11.5 Å². The van der Waals surface area contributed by atoms with Crippen LogP contribution in [0.4, 0.5) is 17.1 Å². The van der Waals surface area contributed by atoms with E-state index in [9.17, 15) is 19.7 Å². The Kier molecular flexibility index (Phi) is 4.79. The summed E-state index contributed by atoms with van der Waals surface area (Å²) in [6.07, 6.45) is -1.14. The molecule has 2 aromatic rings. The molecule has 1 atom stereocenters. The Bertz CT molecular complexity index is 929. The van der Waals surface area contributed by atoms with Crippen LogP contribution in [0.2, 0.25) is 0 Å². The van der Waals surface area contributed by atoms with Gasteiger partial charge in [-0.2, -0.15) is 0 Å². The van der Waals surface area contributed by atoms with Crippen LogP contribution in [-0.2, 0) is 9.53 Å². The van der Waals surface area contributed by atoms with E-state index in [0.717, 1.165) is 6.07 Å². The largest absolute Gasteiger partial charge is 0.454 e. The maximum Gasteiger partial charge on any atom is 0.339 e. The zero-order valence-corrected chi connectivity index (χ0v) is 14.1. The van der Waals surface area contributed by atoms with Gasteiger partial charge >= 0.3 is 5.97 Å². The summed E-state index contributed by atoms with van der Waals surface area (Å²) < 4.78 is 15.5. The number of fused-ring (bicyclic) bond motifs is 1. The van der Waals surface area contributed by atoms with Gasteiger partial charge in [-0.15, -0.1) is 0 Å². The molecule has 27 heavy (non-hydrogen) atoms. The second-order valence-electron chi connectivity index (χ2n) is 5.64. The Morgan fingerprint density at radius 2 is 1.96 bits per heavy atom. The maximum atomic E-state index is 12.2. The van der Waals surface area contributed by atoms with Gasteiger partial charge in [-0.25, -0.2) is 4.79 Å². The number of benzene rings is 2. The fraction of sp³-hybridized carbons (Fsp3) is 0.176. The molecule has 10 heteroatoms. The number of nitrogens with two attached hydrogens (primary N) is 1. The molecule has 0 aliphatic carbocycles. The lowest BCUT2D eigenvalue weighted by molar-refractivity contribution is -0.383. The predicted octanol–water partition coefficient (Wildman–Crippen LogP) is 2.09. The van der Waals surface area contributed by atoms with Gasteiger partial charge in [0, 0.05) is 17.8 Å². The van der Waals surface area contributed by atoms with Crippen LogP contribution in [0.3, 0.4) is 0 Å². The van der Waals surface area contributed by atoms with Crippen LogP contribution < -0.4 is 20.5 Å². The molecule has 0 radical (unpaired) electrons. The molecule has 10 nitrogen and oxygen atoms in total. The van der Waals surface area contributed by atoms with Gasteiger partial charge in [-0.1, -0.05) is 0 Å². The summed E-state index contributed by atoms with van der Waals surface area (Å²) in [5.74, 6) is -0.400. The van der Waals surface area contributed by atoms with Crippen LogP contribution in [0.15, 0.2) is 36.4 Å². The first-order chi connectivity index (χ1) is 12.8. The summed E-state index contributed by atoms with van der Waals surface area (Å²) in [6.45, 7) is 1.49. The minimum Gasteiger partial charge on any atom is -0.454 e. The number of nitrogens with zero attached hydrogens (tertiary/aromatic N) is 1. The molecule has 0 fully saturated rings. The predicted molar refractivity (Wildman–Crippen MR) is 93.6 cm³/mol. The number of nitrogen functional groups attached to an aromatic ring is 1. The number of rotatable bonds is 5. The van der Waals surface area contributed by atoms with Crippen LogP contribution in [-0.4, -0.2) is 29.7 Å². The molecular formula is C17H15N3O7. The lowest BCUT2D eigenvalue weighted by Crippen LogP contribution is -2.30. The van der Waals surface area contributed by atoms with Crippen molar-refractivity contribution in [2.45, 2.75) is 13.0 Å². The number of carbonyl (C=O) groups excluding carboxylic acids is 2. The lowest BCUT2D eigenvalue weighted by Gasteiger charge is -2.14. The summed E-state index contributed by atoms with van der Waals surface area (Å²) in [7, 11) is 0. The van der Waals surface area contributed by atoms with Gasteiger partial charge in [0.25, 0.3) is 11.6 Å². The smallest absolute Gasteiger partial charge is 0.339 e. The summed E-state index contributed by atoms with van der Waals surface area (Å²) >= 11 is 0. The van der Waals surface area contributed by atoms with Crippen molar-refractivity contribution in [3.63, 3.8) is 0 Å². The highest BCUT2D eigenvalue weighted by Gasteiger charge is 2.22. The van der Waals surface area contributed by atoms with Crippen molar-refractivity contribution in [1.82, 2.24) is 0 Å². The number of esters is 1. The minimum atomic E-state index is -1.14. The summed E-state index contributed by atoms with van der Waals surface area (Å²) in [6, 6.07) is 8.35. The van der Waals surface area contributed by atoms with E-state index in [1.54, 1.807) is 18.2 Å². The first kappa shape index (κ1) is 18.0. The SMILES string of the molecule is CC(OC(=O)c1ccc(N)c([N+](=O)[O-])c1)C(=O)Nc1ccc2c(c1)OCO2. The zero-order valence-electron chi connectivity index (χ0n) is 14.1. The highest BCUT2D eigenvalue weighted by atomic mass is 16.7. The molecule has 1 aliphatic rings. The van der Waals surface area contributed by atoms with Crippen molar-refractivity contribution < 1.29 is 28.7 Å². The van der Waals surface area contributed by atoms with E-state index in [1.807, 2.05) is 0 Å². The van der Waals surface area contributed by atoms with Gasteiger partial charge in [-0.05, 0) is 31.2 Å². The Morgan fingerprint density at radius 3 is 2.70 bits per heavy atom. The number of nitrogens with one attached hydrogen (secondary N) is 1. The van der Waals surface area contributed by atoms with Crippen LogP contribution in [0.1, 0.15) is 17.3 Å². The molecule has 2 aromatic carbocycles. The van der Waals surface area contributed by atoms with Gasteiger partial charge in [0.2, 0.25) is 6.79 Å².